The van der Waals surface area contributed by atoms with Crippen molar-refractivity contribution in [3.8, 4) is 0 Å². The molecule has 0 spiro atoms. The van der Waals surface area contributed by atoms with Gasteiger partial charge in [0.1, 0.15) is 0 Å². The lowest BCUT2D eigenvalue weighted by Gasteiger charge is -1.98. The van der Waals surface area contributed by atoms with Gasteiger partial charge in [-0.05, 0) is 19.1 Å². The third-order valence-electron chi connectivity index (χ3n) is 2.14. The summed E-state index contributed by atoms with van der Waals surface area (Å²) in [4.78, 5) is 33.8. The van der Waals surface area contributed by atoms with E-state index < -0.39 is 11.9 Å². The second-order valence-corrected chi connectivity index (χ2v) is 3.38. The highest BCUT2D eigenvalue weighted by molar-refractivity contribution is 5.96. The average Bonchev–Trinajstić information content (AvgIpc) is 2.85. The smallest absolute Gasteiger partial charge is 0.374 e. The van der Waals surface area contributed by atoms with Gasteiger partial charge in [-0.2, -0.15) is 0 Å². The first-order chi connectivity index (χ1) is 8.58. The number of hydrogen-bond acceptors (Lipinski definition) is 6. The number of esters is 2. The molecule has 0 aromatic carbocycles. The van der Waals surface area contributed by atoms with Crippen molar-refractivity contribution in [1.29, 1.82) is 0 Å². The maximum Gasteiger partial charge on any atom is 0.374 e. The van der Waals surface area contributed by atoms with E-state index in [4.69, 9.17) is 9.15 Å². The van der Waals surface area contributed by atoms with Crippen LogP contribution in [0.25, 0.3) is 0 Å². The fraction of sp³-hybridized carbons (Fsp3) is 0.417. The molecule has 18 heavy (non-hydrogen) atoms. The van der Waals surface area contributed by atoms with Crippen LogP contribution in [0.4, 0.5) is 0 Å². The van der Waals surface area contributed by atoms with Crippen LogP contribution in [0, 0.1) is 0 Å². The fourth-order valence-corrected chi connectivity index (χ4v) is 1.24. The van der Waals surface area contributed by atoms with Crippen LogP contribution in [0.1, 0.15) is 40.9 Å². The molecule has 1 aromatic heterocycles. The molecular formula is C12H14O6. The minimum absolute atomic E-state index is 0.0230. The second kappa shape index (κ2) is 6.58. The minimum Gasteiger partial charge on any atom is -0.469 e. The molecule has 0 atom stereocenters. The highest BCUT2D eigenvalue weighted by Crippen LogP contribution is 2.12. The number of carbonyl (C=O) groups excluding carboxylic acids is 3. The molecule has 0 saturated carbocycles. The van der Waals surface area contributed by atoms with E-state index in [-0.39, 0.29) is 36.8 Å². The van der Waals surface area contributed by atoms with Crippen LogP contribution in [0.5, 0.6) is 0 Å². The number of hydrogen-bond donors (Lipinski definition) is 0. The van der Waals surface area contributed by atoms with Crippen molar-refractivity contribution in [3.63, 3.8) is 0 Å². The summed E-state index contributed by atoms with van der Waals surface area (Å²) in [7, 11) is 1.25. The Balaban J connectivity index is 2.59. The van der Waals surface area contributed by atoms with Crippen LogP contribution in [-0.2, 0) is 14.3 Å². The zero-order valence-corrected chi connectivity index (χ0v) is 10.2. The molecule has 0 bridgehead atoms. The quantitative estimate of drug-likeness (QED) is 0.566. The SMILES string of the molecule is CCOC(=O)c1ccc(C(=O)CCC(=O)OC)o1. The Bertz CT molecular complexity index is 445. The molecule has 0 radical (unpaired) electrons. The summed E-state index contributed by atoms with van der Waals surface area (Å²) in [6.45, 7) is 1.90. The lowest BCUT2D eigenvalue weighted by atomic mass is 10.2. The molecule has 1 heterocycles. The minimum atomic E-state index is -0.621. The predicted molar refractivity (Wildman–Crippen MR) is 60.2 cm³/mol. The van der Waals surface area contributed by atoms with E-state index in [1.807, 2.05) is 0 Å². The number of methoxy groups -OCH3 is 1. The first kappa shape index (κ1) is 14.0. The number of carbonyl (C=O) groups is 3. The van der Waals surface area contributed by atoms with E-state index in [0.717, 1.165) is 0 Å². The van der Waals surface area contributed by atoms with Gasteiger partial charge in [0.05, 0.1) is 20.1 Å². The first-order valence-electron chi connectivity index (χ1n) is 5.45. The van der Waals surface area contributed by atoms with Gasteiger partial charge >= 0.3 is 11.9 Å². The summed E-state index contributed by atoms with van der Waals surface area (Å²) in [5, 5.41) is 0. The van der Waals surface area contributed by atoms with Gasteiger partial charge in [-0.1, -0.05) is 0 Å². The summed E-state index contributed by atoms with van der Waals surface area (Å²) in [5.74, 6) is -1.46. The molecule has 0 aliphatic rings. The predicted octanol–water partition coefficient (Wildman–Crippen LogP) is 1.59. The fourth-order valence-electron chi connectivity index (χ4n) is 1.24. The Kier molecular flexibility index (Phi) is 5.10. The van der Waals surface area contributed by atoms with E-state index in [1.54, 1.807) is 6.92 Å². The second-order valence-electron chi connectivity index (χ2n) is 3.38. The van der Waals surface area contributed by atoms with Crippen molar-refractivity contribution in [2.75, 3.05) is 13.7 Å². The van der Waals surface area contributed by atoms with Gasteiger partial charge in [0.2, 0.25) is 5.76 Å². The largest absolute Gasteiger partial charge is 0.469 e. The van der Waals surface area contributed by atoms with Crippen molar-refractivity contribution in [2.24, 2.45) is 0 Å². The Morgan fingerprint density at radius 1 is 1.17 bits per heavy atom. The summed E-state index contributed by atoms with van der Waals surface area (Å²) < 4.78 is 14.2. The summed E-state index contributed by atoms with van der Waals surface area (Å²) in [6, 6.07) is 2.75. The van der Waals surface area contributed by atoms with Crippen molar-refractivity contribution >= 4 is 17.7 Å². The number of ketones is 1. The number of Topliss-reactive ketones (excluding diaryl/α,β-unsaturated/α-hetero) is 1. The number of rotatable bonds is 6. The summed E-state index contributed by atoms with van der Waals surface area (Å²) in [5.41, 5.74) is 0. The van der Waals surface area contributed by atoms with Gasteiger partial charge in [-0.3, -0.25) is 9.59 Å². The van der Waals surface area contributed by atoms with E-state index in [1.165, 1.54) is 19.2 Å². The van der Waals surface area contributed by atoms with Crippen molar-refractivity contribution < 1.29 is 28.3 Å². The summed E-state index contributed by atoms with van der Waals surface area (Å²) >= 11 is 0. The van der Waals surface area contributed by atoms with E-state index in [2.05, 4.69) is 4.74 Å². The van der Waals surface area contributed by atoms with Gasteiger partial charge in [0.25, 0.3) is 0 Å². The van der Waals surface area contributed by atoms with Crippen LogP contribution >= 0.6 is 0 Å². The number of ether oxygens (including phenoxy) is 2. The highest BCUT2D eigenvalue weighted by Gasteiger charge is 2.17. The molecule has 0 aliphatic heterocycles. The molecule has 0 fully saturated rings. The first-order valence-corrected chi connectivity index (χ1v) is 5.45. The number of furan rings is 1. The van der Waals surface area contributed by atoms with E-state index >= 15 is 0 Å². The van der Waals surface area contributed by atoms with Gasteiger partial charge in [0.15, 0.2) is 11.5 Å². The Hall–Kier alpha value is -2.11. The molecule has 0 N–H and O–H groups in total. The van der Waals surface area contributed by atoms with Gasteiger partial charge < -0.3 is 13.9 Å². The van der Waals surface area contributed by atoms with E-state index in [9.17, 15) is 14.4 Å². The van der Waals surface area contributed by atoms with Crippen LogP contribution < -0.4 is 0 Å². The highest BCUT2D eigenvalue weighted by atomic mass is 16.5. The maximum absolute atomic E-state index is 11.6. The molecular weight excluding hydrogens is 240 g/mol. The zero-order chi connectivity index (χ0) is 13.5. The molecule has 6 heteroatoms. The lowest BCUT2D eigenvalue weighted by Crippen LogP contribution is -2.06. The maximum atomic E-state index is 11.6. The van der Waals surface area contributed by atoms with Crippen molar-refractivity contribution in [3.05, 3.63) is 23.7 Å². The van der Waals surface area contributed by atoms with Crippen molar-refractivity contribution in [1.82, 2.24) is 0 Å². The Morgan fingerprint density at radius 3 is 2.44 bits per heavy atom. The molecule has 0 unspecified atom stereocenters. The Morgan fingerprint density at radius 2 is 1.83 bits per heavy atom. The van der Waals surface area contributed by atoms with Gasteiger partial charge in [-0.15, -0.1) is 0 Å². The molecule has 0 amide bonds. The van der Waals surface area contributed by atoms with Crippen LogP contribution in [-0.4, -0.2) is 31.4 Å². The zero-order valence-electron chi connectivity index (χ0n) is 10.2. The van der Waals surface area contributed by atoms with E-state index in [0.29, 0.717) is 0 Å². The molecule has 98 valence electrons. The molecule has 0 aliphatic carbocycles. The van der Waals surface area contributed by atoms with Crippen molar-refractivity contribution in [2.45, 2.75) is 19.8 Å². The van der Waals surface area contributed by atoms with Crippen LogP contribution in [0.15, 0.2) is 16.5 Å². The normalized spacial score (nSPS) is 9.89. The summed E-state index contributed by atoms with van der Waals surface area (Å²) in [6.07, 6.45) is -0.0484. The van der Waals surface area contributed by atoms with Gasteiger partial charge in [-0.25, -0.2) is 4.79 Å². The average molecular weight is 254 g/mol. The lowest BCUT2D eigenvalue weighted by molar-refractivity contribution is -0.140. The standard InChI is InChI=1S/C12H14O6/c1-3-17-12(15)10-6-5-9(18-10)8(13)4-7-11(14)16-2/h5-6H,3-4,7H2,1-2H3. The molecule has 1 aromatic rings. The monoisotopic (exact) mass is 254 g/mol. The van der Waals surface area contributed by atoms with Gasteiger partial charge in [0, 0.05) is 6.42 Å². The third kappa shape index (κ3) is 3.73. The molecule has 1 rings (SSSR count). The topological polar surface area (TPSA) is 82.8 Å². The molecule has 6 nitrogen and oxygen atoms in total. The van der Waals surface area contributed by atoms with Crippen LogP contribution in [0.2, 0.25) is 0 Å². The molecule has 0 saturated heterocycles. The van der Waals surface area contributed by atoms with Crippen LogP contribution in [0.3, 0.4) is 0 Å². The third-order valence-corrected chi connectivity index (χ3v) is 2.14. The Labute approximate surface area is 104 Å².